The van der Waals surface area contributed by atoms with E-state index in [1.807, 2.05) is 18.6 Å². The van der Waals surface area contributed by atoms with Gasteiger partial charge in [0.15, 0.2) is 0 Å². The van der Waals surface area contributed by atoms with E-state index in [0.29, 0.717) is 11.4 Å². The Bertz CT molecular complexity index is 1800. The predicted octanol–water partition coefficient (Wildman–Crippen LogP) is 5.84. The number of morpholine rings is 1. The first-order chi connectivity index (χ1) is 21.0. The van der Waals surface area contributed by atoms with Gasteiger partial charge in [0.05, 0.1) is 29.8 Å². The fourth-order valence-corrected chi connectivity index (χ4v) is 7.58. The van der Waals surface area contributed by atoms with Crippen LogP contribution in [0.4, 0.5) is 24.7 Å². The molecule has 1 aliphatic heterocycles. The van der Waals surface area contributed by atoms with Crippen LogP contribution in [0.15, 0.2) is 47.5 Å². The molecule has 1 saturated heterocycles. The fraction of sp³-hybridized carbons (Fsp3) is 0.419. The third-order valence-corrected chi connectivity index (χ3v) is 10.1. The van der Waals surface area contributed by atoms with Crippen LogP contribution >= 0.6 is 0 Å². The standard InChI is InChI=1S/C31H35F3N6O3S/c1-18(2)40-30-22(19-7-9-20(10-8-19)39-11-13-43-14-12-39)17-36-31(35)28(30)29(37-40)21-15-25(34)26(16-24(21)33)38-44(41,42)27-6-4-3-5-23(27)32/h3-6,15-20,38H,7-14H2,1-2H3,(H2,35,36)/t19-,20+. The number of aromatic nitrogens is 3. The van der Waals surface area contributed by atoms with Gasteiger partial charge in [0.2, 0.25) is 0 Å². The Kier molecular flexibility index (Phi) is 8.29. The molecule has 6 rings (SSSR count). The van der Waals surface area contributed by atoms with Crippen molar-refractivity contribution in [2.75, 3.05) is 36.8 Å². The average molecular weight is 629 g/mol. The minimum Gasteiger partial charge on any atom is -0.383 e. The lowest BCUT2D eigenvalue weighted by atomic mass is 9.81. The zero-order valence-corrected chi connectivity index (χ0v) is 25.4. The van der Waals surface area contributed by atoms with E-state index in [2.05, 4.69) is 9.88 Å². The monoisotopic (exact) mass is 628 g/mol. The molecule has 4 aromatic rings. The van der Waals surface area contributed by atoms with Gasteiger partial charge in [0, 0.05) is 43.0 Å². The number of rotatable bonds is 7. The van der Waals surface area contributed by atoms with Gasteiger partial charge in [0.1, 0.15) is 33.9 Å². The highest BCUT2D eigenvalue weighted by atomic mass is 32.2. The summed E-state index contributed by atoms with van der Waals surface area (Å²) in [6.45, 7) is 7.30. The molecule has 2 aromatic carbocycles. The highest BCUT2D eigenvalue weighted by Gasteiger charge is 2.32. The van der Waals surface area contributed by atoms with Crippen molar-refractivity contribution in [2.24, 2.45) is 0 Å². The van der Waals surface area contributed by atoms with Crippen molar-refractivity contribution in [2.45, 2.75) is 62.4 Å². The van der Waals surface area contributed by atoms with E-state index in [9.17, 15) is 12.8 Å². The number of sulfonamides is 1. The van der Waals surface area contributed by atoms with Crippen molar-refractivity contribution in [3.8, 4) is 11.3 Å². The summed E-state index contributed by atoms with van der Waals surface area (Å²) in [5.74, 6) is -2.67. The molecule has 0 unspecified atom stereocenters. The Morgan fingerprint density at radius 2 is 1.70 bits per heavy atom. The van der Waals surface area contributed by atoms with Gasteiger partial charge >= 0.3 is 0 Å². The summed E-state index contributed by atoms with van der Waals surface area (Å²) >= 11 is 0. The van der Waals surface area contributed by atoms with Crippen molar-refractivity contribution in [3.05, 3.63) is 65.6 Å². The summed E-state index contributed by atoms with van der Waals surface area (Å²) in [4.78, 5) is 6.28. The number of nitrogens with one attached hydrogen (secondary N) is 1. The SMILES string of the molecule is CC(C)n1nc(-c2cc(F)c(NS(=O)(=O)c3ccccc3F)cc2F)c2c(N)ncc([C@H]3CC[C@@H](N4CCOCC4)CC3)c21. The van der Waals surface area contributed by atoms with Crippen LogP contribution in [-0.2, 0) is 14.8 Å². The molecule has 2 fully saturated rings. The highest BCUT2D eigenvalue weighted by molar-refractivity contribution is 7.92. The van der Waals surface area contributed by atoms with Gasteiger partial charge in [0.25, 0.3) is 10.0 Å². The third-order valence-electron chi connectivity index (χ3n) is 8.65. The fourth-order valence-electron chi connectivity index (χ4n) is 6.44. The van der Waals surface area contributed by atoms with Crippen molar-refractivity contribution in [3.63, 3.8) is 0 Å². The number of fused-ring (bicyclic) bond motifs is 1. The maximum absolute atomic E-state index is 15.7. The second-order valence-corrected chi connectivity index (χ2v) is 13.4. The Morgan fingerprint density at radius 3 is 2.39 bits per heavy atom. The van der Waals surface area contributed by atoms with Gasteiger partial charge in [-0.3, -0.25) is 14.3 Å². The topological polar surface area (TPSA) is 115 Å². The third kappa shape index (κ3) is 5.64. The van der Waals surface area contributed by atoms with Crippen LogP contribution < -0.4 is 10.5 Å². The second kappa shape index (κ2) is 12.0. The summed E-state index contributed by atoms with van der Waals surface area (Å²) in [7, 11) is -4.53. The summed E-state index contributed by atoms with van der Waals surface area (Å²) in [6.07, 6.45) is 5.73. The largest absolute Gasteiger partial charge is 0.383 e. The van der Waals surface area contributed by atoms with Gasteiger partial charge in [-0.1, -0.05) is 12.1 Å². The van der Waals surface area contributed by atoms with E-state index >= 15 is 8.78 Å². The number of hydrogen-bond acceptors (Lipinski definition) is 7. The van der Waals surface area contributed by atoms with Gasteiger partial charge in [-0.2, -0.15) is 5.10 Å². The zero-order chi connectivity index (χ0) is 31.2. The van der Waals surface area contributed by atoms with Gasteiger partial charge in [-0.05, 0) is 69.2 Å². The summed E-state index contributed by atoms with van der Waals surface area (Å²) in [5, 5.41) is 5.13. The summed E-state index contributed by atoms with van der Waals surface area (Å²) < 4.78 is 80.0. The summed E-state index contributed by atoms with van der Waals surface area (Å²) in [6, 6.07) is 6.63. The highest BCUT2D eigenvalue weighted by Crippen LogP contribution is 2.43. The lowest BCUT2D eigenvalue weighted by Crippen LogP contribution is -2.44. The number of benzene rings is 2. The molecule has 3 N–H and O–H groups in total. The number of hydrogen-bond donors (Lipinski definition) is 2. The molecule has 1 saturated carbocycles. The molecule has 0 spiro atoms. The molecule has 0 radical (unpaired) electrons. The molecular weight excluding hydrogens is 593 g/mol. The number of nitrogens with zero attached hydrogens (tertiary/aromatic N) is 4. The van der Waals surface area contributed by atoms with Crippen molar-refractivity contribution in [1.82, 2.24) is 19.7 Å². The van der Waals surface area contributed by atoms with E-state index in [1.54, 1.807) is 10.9 Å². The summed E-state index contributed by atoms with van der Waals surface area (Å²) in [5.41, 5.74) is 7.35. The molecule has 0 bridgehead atoms. The van der Waals surface area contributed by atoms with Crippen molar-refractivity contribution in [1.29, 1.82) is 0 Å². The molecule has 1 aliphatic carbocycles. The molecule has 2 aliphatic rings. The van der Waals surface area contributed by atoms with Gasteiger partial charge in [-0.15, -0.1) is 0 Å². The van der Waals surface area contributed by atoms with E-state index in [0.717, 1.165) is 87.3 Å². The first kappa shape index (κ1) is 30.4. The molecular formula is C31H35F3N6O3S. The van der Waals surface area contributed by atoms with Crippen LogP contribution in [-0.4, -0.2) is 60.4 Å². The second-order valence-electron chi connectivity index (χ2n) is 11.7. The minimum atomic E-state index is -4.53. The van der Waals surface area contributed by atoms with E-state index in [-0.39, 0.29) is 29.0 Å². The number of pyridine rings is 1. The van der Waals surface area contributed by atoms with Gasteiger partial charge < -0.3 is 10.5 Å². The van der Waals surface area contributed by atoms with E-state index < -0.39 is 38.1 Å². The Labute approximate surface area is 254 Å². The quantitative estimate of drug-likeness (QED) is 0.264. The zero-order valence-electron chi connectivity index (χ0n) is 24.6. The number of halogens is 3. The number of anilines is 2. The first-order valence-corrected chi connectivity index (χ1v) is 16.3. The van der Waals surface area contributed by atoms with Crippen molar-refractivity contribution >= 4 is 32.4 Å². The molecule has 2 aromatic heterocycles. The normalized spacial score (nSPS) is 20.0. The Morgan fingerprint density at radius 1 is 1.00 bits per heavy atom. The molecule has 234 valence electrons. The first-order valence-electron chi connectivity index (χ1n) is 14.8. The van der Waals surface area contributed by atoms with Crippen LogP contribution in [0.25, 0.3) is 22.2 Å². The van der Waals surface area contributed by atoms with Crippen molar-refractivity contribution < 1.29 is 26.3 Å². The number of nitrogens with two attached hydrogens (primary N) is 1. The van der Waals surface area contributed by atoms with Crippen LogP contribution in [0.2, 0.25) is 0 Å². The average Bonchev–Trinajstić information content (AvgIpc) is 3.41. The maximum atomic E-state index is 15.7. The maximum Gasteiger partial charge on any atom is 0.264 e. The van der Waals surface area contributed by atoms with Crippen LogP contribution in [0.3, 0.4) is 0 Å². The predicted molar refractivity (Wildman–Crippen MR) is 162 cm³/mol. The smallest absolute Gasteiger partial charge is 0.264 e. The molecule has 3 heterocycles. The molecule has 13 heteroatoms. The Hall–Kier alpha value is -3.68. The van der Waals surface area contributed by atoms with E-state index in [4.69, 9.17) is 15.6 Å². The van der Waals surface area contributed by atoms with Crippen LogP contribution in [0.5, 0.6) is 0 Å². The number of ether oxygens (including phenoxy) is 1. The number of nitrogen functional groups attached to an aromatic ring is 1. The lowest BCUT2D eigenvalue weighted by molar-refractivity contribution is 0.00731. The molecule has 0 atom stereocenters. The molecule has 0 amide bonds. The Balaban J connectivity index is 1.36. The van der Waals surface area contributed by atoms with E-state index in [1.165, 1.54) is 12.1 Å². The lowest BCUT2D eigenvalue weighted by Gasteiger charge is -2.39. The van der Waals surface area contributed by atoms with Crippen LogP contribution in [0, 0.1) is 17.5 Å². The molecule has 9 nitrogen and oxygen atoms in total. The molecule has 44 heavy (non-hydrogen) atoms. The van der Waals surface area contributed by atoms with Crippen LogP contribution in [0.1, 0.15) is 57.1 Å². The van der Waals surface area contributed by atoms with Gasteiger partial charge in [-0.25, -0.2) is 26.6 Å². The minimum absolute atomic E-state index is 0.113.